The number of imidazole rings is 1. The number of benzene rings is 1. The smallest absolute Gasteiger partial charge is 0.259 e. The van der Waals surface area contributed by atoms with Crippen LogP contribution in [0.25, 0.3) is 11.2 Å². The number of rotatable bonds is 6. The molecule has 30 heavy (non-hydrogen) atoms. The van der Waals surface area contributed by atoms with Crippen molar-refractivity contribution in [3.8, 4) is 0 Å². The van der Waals surface area contributed by atoms with Crippen molar-refractivity contribution < 1.29 is 24.5 Å². The molecule has 1 saturated heterocycles. The van der Waals surface area contributed by atoms with Crippen LogP contribution in [0.4, 0.5) is 5.82 Å². The minimum absolute atomic E-state index is 0.199. The first-order valence-corrected chi connectivity index (χ1v) is 9.62. The number of hydrogen-bond donors (Lipinski definition) is 2. The zero-order chi connectivity index (χ0) is 21.3. The predicted octanol–water partition coefficient (Wildman–Crippen LogP) is 0.759. The number of anilines is 1. The molecule has 3 aromatic rings. The van der Waals surface area contributed by atoms with E-state index in [2.05, 4.69) is 15.0 Å². The summed E-state index contributed by atoms with van der Waals surface area (Å²) in [6.45, 7) is 1.90. The van der Waals surface area contributed by atoms with Crippen molar-refractivity contribution >= 4 is 22.9 Å². The van der Waals surface area contributed by atoms with Gasteiger partial charge < -0.3 is 19.7 Å². The second kappa shape index (κ2) is 8.44. The molecule has 10 heteroatoms. The number of aliphatic hydroxyl groups excluding tert-OH is 2. The first-order valence-electron chi connectivity index (χ1n) is 9.62. The van der Waals surface area contributed by atoms with Gasteiger partial charge in [0.25, 0.3) is 5.91 Å². The van der Waals surface area contributed by atoms with Gasteiger partial charge in [-0.25, -0.2) is 15.0 Å². The topological polar surface area (TPSA) is 123 Å². The Labute approximate surface area is 172 Å². The second-order valence-corrected chi connectivity index (χ2v) is 6.88. The van der Waals surface area contributed by atoms with E-state index in [0.29, 0.717) is 29.1 Å². The summed E-state index contributed by atoms with van der Waals surface area (Å²) in [6.07, 6.45) is -0.387. The summed E-state index contributed by atoms with van der Waals surface area (Å²) in [7, 11) is 1.46. The van der Waals surface area contributed by atoms with Crippen molar-refractivity contribution in [3.05, 3.63) is 48.5 Å². The Morgan fingerprint density at radius 3 is 2.70 bits per heavy atom. The highest BCUT2D eigenvalue weighted by Crippen LogP contribution is 2.34. The van der Waals surface area contributed by atoms with Crippen LogP contribution in [-0.4, -0.2) is 74.2 Å². The molecule has 1 fully saturated rings. The van der Waals surface area contributed by atoms with Crippen LogP contribution in [0, 0.1) is 0 Å². The summed E-state index contributed by atoms with van der Waals surface area (Å²) in [5.74, 6) is 0.177. The Hall–Kier alpha value is -2.92. The monoisotopic (exact) mass is 413 g/mol. The van der Waals surface area contributed by atoms with Gasteiger partial charge in [0.05, 0.1) is 12.9 Å². The van der Waals surface area contributed by atoms with Crippen LogP contribution in [0.15, 0.2) is 43.0 Å². The van der Waals surface area contributed by atoms with Crippen LogP contribution < -0.4 is 4.90 Å². The quantitative estimate of drug-likeness (QED) is 0.607. The number of carbonyl (C=O) groups is 1. The van der Waals surface area contributed by atoms with Crippen molar-refractivity contribution in [2.45, 2.75) is 31.5 Å². The average Bonchev–Trinajstić information content (AvgIpc) is 3.35. The molecule has 1 aliphatic heterocycles. The van der Waals surface area contributed by atoms with E-state index in [1.54, 1.807) is 28.8 Å². The molecule has 1 amide bonds. The van der Waals surface area contributed by atoms with Crippen molar-refractivity contribution in [2.24, 2.45) is 0 Å². The third-order valence-corrected chi connectivity index (χ3v) is 5.22. The van der Waals surface area contributed by atoms with Crippen LogP contribution >= 0.6 is 0 Å². The first kappa shape index (κ1) is 20.4. The van der Waals surface area contributed by atoms with E-state index in [1.807, 2.05) is 13.0 Å². The number of ether oxygens (including phenoxy) is 2. The maximum atomic E-state index is 13.0. The van der Waals surface area contributed by atoms with Gasteiger partial charge in [-0.15, -0.1) is 0 Å². The van der Waals surface area contributed by atoms with Gasteiger partial charge in [0.1, 0.15) is 24.6 Å². The van der Waals surface area contributed by atoms with Crippen molar-refractivity contribution in [2.75, 3.05) is 25.2 Å². The molecule has 0 radical (unpaired) electrons. The number of nitrogens with zero attached hydrogens (tertiary/aromatic N) is 5. The maximum Gasteiger partial charge on any atom is 0.259 e. The molecule has 2 aromatic heterocycles. The minimum Gasteiger partial charge on any atom is -0.394 e. The standard InChI is InChI=1S/C20H23N5O5/c1-3-24(19(28)12-7-5-4-6-8-12)17-14-18(22-10-21-17)25(11-23-14)20-16(29-2)15(27)13(9-26)30-20/h4-8,10-11,13,15-16,20,26-27H,3,9H2,1-2H3/t13-,15?,16+,20-/m1/s1. The summed E-state index contributed by atoms with van der Waals surface area (Å²) in [5, 5.41) is 19.8. The van der Waals surface area contributed by atoms with E-state index in [1.165, 1.54) is 24.7 Å². The minimum atomic E-state index is -1.00. The number of methoxy groups -OCH3 is 1. The Bertz CT molecular complexity index is 1030. The van der Waals surface area contributed by atoms with Gasteiger partial charge in [-0.3, -0.25) is 14.3 Å². The molecule has 0 bridgehead atoms. The van der Waals surface area contributed by atoms with Gasteiger partial charge in [0.2, 0.25) is 0 Å². The largest absolute Gasteiger partial charge is 0.394 e. The fourth-order valence-electron chi connectivity index (χ4n) is 3.70. The van der Waals surface area contributed by atoms with Gasteiger partial charge in [0.15, 0.2) is 23.2 Å². The SMILES string of the molecule is CCN(C(=O)c1ccccc1)c1ncnc2c1ncn2[C@@H]1O[C@H](CO)C(O)[C@@H]1OC. The highest BCUT2D eigenvalue weighted by atomic mass is 16.6. The molecular formula is C20H23N5O5. The summed E-state index contributed by atoms with van der Waals surface area (Å²) in [5.41, 5.74) is 1.39. The van der Waals surface area contributed by atoms with Crippen LogP contribution in [0.3, 0.4) is 0 Å². The number of amides is 1. The van der Waals surface area contributed by atoms with Crippen LogP contribution in [0.2, 0.25) is 0 Å². The Morgan fingerprint density at radius 2 is 2.03 bits per heavy atom. The number of hydrogen-bond acceptors (Lipinski definition) is 8. The lowest BCUT2D eigenvalue weighted by atomic mass is 10.1. The molecule has 1 aromatic carbocycles. The molecule has 10 nitrogen and oxygen atoms in total. The zero-order valence-electron chi connectivity index (χ0n) is 16.6. The fraction of sp³-hybridized carbons (Fsp3) is 0.400. The molecule has 1 unspecified atom stereocenters. The molecule has 1 aliphatic rings. The highest BCUT2D eigenvalue weighted by molar-refractivity contribution is 6.08. The van der Waals surface area contributed by atoms with E-state index < -0.39 is 24.5 Å². The Kier molecular flexibility index (Phi) is 5.73. The third-order valence-electron chi connectivity index (χ3n) is 5.22. The predicted molar refractivity (Wildman–Crippen MR) is 107 cm³/mol. The van der Waals surface area contributed by atoms with Crippen molar-refractivity contribution in [1.29, 1.82) is 0 Å². The highest BCUT2D eigenvalue weighted by Gasteiger charge is 2.45. The number of aliphatic hydroxyl groups is 2. The van der Waals surface area contributed by atoms with Gasteiger partial charge in [-0.05, 0) is 19.1 Å². The summed E-state index contributed by atoms with van der Waals surface area (Å²) in [6, 6.07) is 8.94. The van der Waals surface area contributed by atoms with Gasteiger partial charge in [0, 0.05) is 19.2 Å². The Balaban J connectivity index is 1.74. The van der Waals surface area contributed by atoms with Gasteiger partial charge in [-0.2, -0.15) is 0 Å². The van der Waals surface area contributed by atoms with Crippen LogP contribution in [-0.2, 0) is 9.47 Å². The van der Waals surface area contributed by atoms with Crippen molar-refractivity contribution in [1.82, 2.24) is 19.5 Å². The van der Waals surface area contributed by atoms with E-state index >= 15 is 0 Å². The lowest BCUT2D eigenvalue weighted by molar-refractivity contribution is -0.0583. The van der Waals surface area contributed by atoms with Crippen LogP contribution in [0.1, 0.15) is 23.5 Å². The normalized spacial score (nSPS) is 23.7. The molecule has 3 heterocycles. The lowest BCUT2D eigenvalue weighted by Crippen LogP contribution is -2.34. The molecule has 4 atom stereocenters. The number of aromatic nitrogens is 4. The molecule has 158 valence electrons. The number of fused-ring (bicyclic) bond motifs is 1. The molecule has 2 N–H and O–H groups in total. The van der Waals surface area contributed by atoms with Crippen molar-refractivity contribution in [3.63, 3.8) is 0 Å². The zero-order valence-corrected chi connectivity index (χ0v) is 16.6. The lowest BCUT2D eigenvalue weighted by Gasteiger charge is -2.21. The summed E-state index contributed by atoms with van der Waals surface area (Å²) >= 11 is 0. The van der Waals surface area contributed by atoms with Gasteiger partial charge in [-0.1, -0.05) is 18.2 Å². The summed E-state index contributed by atoms with van der Waals surface area (Å²) < 4.78 is 12.8. The fourth-order valence-corrected chi connectivity index (χ4v) is 3.70. The molecule has 0 saturated carbocycles. The van der Waals surface area contributed by atoms with E-state index in [9.17, 15) is 15.0 Å². The number of carbonyl (C=O) groups excluding carboxylic acids is 1. The summed E-state index contributed by atoms with van der Waals surface area (Å²) in [4.78, 5) is 27.6. The van der Waals surface area contributed by atoms with Gasteiger partial charge >= 0.3 is 0 Å². The van der Waals surface area contributed by atoms with E-state index in [-0.39, 0.29) is 12.5 Å². The third kappa shape index (κ3) is 3.33. The second-order valence-electron chi connectivity index (χ2n) is 6.88. The Morgan fingerprint density at radius 1 is 1.27 bits per heavy atom. The van der Waals surface area contributed by atoms with Crippen LogP contribution in [0.5, 0.6) is 0 Å². The van der Waals surface area contributed by atoms with E-state index in [0.717, 1.165) is 0 Å². The molecule has 0 spiro atoms. The average molecular weight is 413 g/mol. The van der Waals surface area contributed by atoms with E-state index in [4.69, 9.17) is 9.47 Å². The first-order chi connectivity index (χ1) is 14.6. The molecular weight excluding hydrogens is 390 g/mol. The molecule has 0 aliphatic carbocycles. The molecule has 4 rings (SSSR count). The maximum absolute atomic E-state index is 13.0.